The zero-order valence-corrected chi connectivity index (χ0v) is 8.15. The van der Waals surface area contributed by atoms with E-state index < -0.39 is 0 Å². The van der Waals surface area contributed by atoms with Crippen molar-refractivity contribution in [3.05, 3.63) is 35.8 Å². The van der Waals surface area contributed by atoms with Crippen LogP contribution in [0, 0.1) is 6.92 Å². The van der Waals surface area contributed by atoms with Crippen LogP contribution in [0.3, 0.4) is 0 Å². The van der Waals surface area contributed by atoms with Crippen LogP contribution in [-0.2, 0) is 6.54 Å². The van der Waals surface area contributed by atoms with Crippen molar-refractivity contribution in [1.29, 1.82) is 0 Å². The number of aromatic nitrogens is 3. The summed E-state index contributed by atoms with van der Waals surface area (Å²) in [6.07, 6.45) is 4.61. The lowest BCUT2D eigenvalue weighted by molar-refractivity contribution is 0.0922. The average Bonchev–Trinajstić information content (AvgIpc) is 2.84. The second kappa shape index (κ2) is 3.95. The molecule has 0 spiro atoms. The molecule has 2 heterocycles. The van der Waals surface area contributed by atoms with Crippen molar-refractivity contribution in [1.82, 2.24) is 20.5 Å². The van der Waals surface area contributed by atoms with Gasteiger partial charge in [-0.2, -0.15) is 5.10 Å². The Kier molecular flexibility index (Phi) is 2.49. The highest BCUT2D eigenvalue weighted by atomic mass is 16.3. The van der Waals surface area contributed by atoms with Crippen molar-refractivity contribution >= 4 is 5.91 Å². The molecule has 0 radical (unpaired) electrons. The fourth-order valence-corrected chi connectivity index (χ4v) is 1.16. The molecule has 0 unspecified atom stereocenters. The molecule has 0 saturated carbocycles. The lowest BCUT2D eigenvalue weighted by Crippen LogP contribution is -2.22. The molecule has 0 atom stereocenters. The molecule has 0 saturated heterocycles. The first-order valence-corrected chi connectivity index (χ1v) is 4.43. The van der Waals surface area contributed by atoms with Crippen LogP contribution >= 0.6 is 0 Å². The van der Waals surface area contributed by atoms with E-state index in [0.29, 0.717) is 12.2 Å². The highest BCUT2D eigenvalue weighted by molar-refractivity contribution is 5.92. The zero-order valence-electron chi connectivity index (χ0n) is 8.15. The number of carbonyl (C=O) groups is 1. The van der Waals surface area contributed by atoms with E-state index in [9.17, 15) is 4.79 Å². The van der Waals surface area contributed by atoms with Gasteiger partial charge in [0.05, 0.1) is 11.9 Å². The number of nitrogens with zero attached hydrogens (tertiary/aromatic N) is 2. The predicted octanol–water partition coefficient (Wildman–Crippen LogP) is 0.636. The van der Waals surface area contributed by atoms with Crippen molar-refractivity contribution in [2.45, 2.75) is 13.5 Å². The van der Waals surface area contributed by atoms with Crippen molar-refractivity contribution in [3.8, 4) is 0 Å². The van der Waals surface area contributed by atoms with E-state index in [1.807, 2.05) is 0 Å². The molecular formula is C9H10N4O2. The molecule has 6 nitrogen and oxygen atoms in total. The number of amides is 1. The number of carbonyl (C=O) groups excluding carboxylic acids is 1. The fourth-order valence-electron chi connectivity index (χ4n) is 1.16. The van der Waals surface area contributed by atoms with Crippen LogP contribution in [0.1, 0.15) is 21.8 Å². The lowest BCUT2D eigenvalue weighted by atomic mass is 10.3. The Hall–Kier alpha value is -2.11. The average molecular weight is 206 g/mol. The van der Waals surface area contributed by atoms with Gasteiger partial charge in [-0.1, -0.05) is 0 Å². The van der Waals surface area contributed by atoms with E-state index in [1.165, 1.54) is 6.39 Å². The summed E-state index contributed by atoms with van der Waals surface area (Å²) in [5.74, 6) is -0.0234. The van der Waals surface area contributed by atoms with Gasteiger partial charge in [-0.25, -0.2) is 4.98 Å². The van der Waals surface area contributed by atoms with Gasteiger partial charge in [0.15, 0.2) is 6.39 Å². The van der Waals surface area contributed by atoms with Gasteiger partial charge in [-0.3, -0.25) is 9.89 Å². The predicted molar refractivity (Wildman–Crippen MR) is 51.0 cm³/mol. The molecule has 0 bridgehead atoms. The van der Waals surface area contributed by atoms with Crippen LogP contribution < -0.4 is 5.32 Å². The van der Waals surface area contributed by atoms with Crippen molar-refractivity contribution in [3.63, 3.8) is 0 Å². The van der Waals surface area contributed by atoms with E-state index in [2.05, 4.69) is 20.5 Å². The van der Waals surface area contributed by atoms with E-state index in [-0.39, 0.29) is 11.7 Å². The lowest BCUT2D eigenvalue weighted by Gasteiger charge is -2.00. The zero-order chi connectivity index (χ0) is 10.7. The Labute approximate surface area is 85.7 Å². The summed E-state index contributed by atoms with van der Waals surface area (Å²) in [7, 11) is 0. The first-order chi connectivity index (χ1) is 7.27. The minimum atomic E-state index is -0.272. The molecule has 1 amide bonds. The maximum absolute atomic E-state index is 11.5. The van der Waals surface area contributed by atoms with Gasteiger partial charge in [0.25, 0.3) is 5.91 Å². The molecule has 2 aromatic heterocycles. The van der Waals surface area contributed by atoms with Crippen molar-refractivity contribution in [2.24, 2.45) is 0 Å². The first-order valence-electron chi connectivity index (χ1n) is 4.43. The molecule has 0 aromatic carbocycles. The summed E-state index contributed by atoms with van der Waals surface area (Å²) in [5, 5.41) is 9.13. The number of nitrogens with one attached hydrogen (secondary N) is 2. The van der Waals surface area contributed by atoms with Crippen LogP contribution in [0.15, 0.2) is 23.2 Å². The van der Waals surface area contributed by atoms with Crippen molar-refractivity contribution < 1.29 is 9.21 Å². The quantitative estimate of drug-likeness (QED) is 0.771. The largest absolute Gasteiger partial charge is 0.438 e. The van der Waals surface area contributed by atoms with Gasteiger partial charge in [0.2, 0.25) is 5.76 Å². The summed E-state index contributed by atoms with van der Waals surface area (Å²) in [5.41, 5.74) is 1.49. The first kappa shape index (κ1) is 9.45. The molecular weight excluding hydrogens is 196 g/mol. The van der Waals surface area contributed by atoms with Crippen LogP contribution in [-0.4, -0.2) is 21.1 Å². The Morgan fingerprint density at radius 1 is 1.67 bits per heavy atom. The Morgan fingerprint density at radius 2 is 2.53 bits per heavy atom. The fraction of sp³-hybridized carbons (Fsp3) is 0.222. The third-order valence-corrected chi connectivity index (χ3v) is 1.96. The van der Waals surface area contributed by atoms with Crippen molar-refractivity contribution in [2.75, 3.05) is 0 Å². The van der Waals surface area contributed by atoms with Crippen LogP contribution in [0.5, 0.6) is 0 Å². The van der Waals surface area contributed by atoms with Gasteiger partial charge in [0, 0.05) is 18.3 Å². The topological polar surface area (TPSA) is 83.8 Å². The number of oxazole rings is 1. The minimum absolute atomic E-state index is 0.249. The number of aryl methyl sites for hydroxylation is 1. The highest BCUT2D eigenvalue weighted by Crippen LogP contribution is 2.04. The minimum Gasteiger partial charge on any atom is -0.438 e. The molecule has 0 aliphatic heterocycles. The molecule has 2 aromatic rings. The van der Waals surface area contributed by atoms with Gasteiger partial charge >= 0.3 is 0 Å². The Morgan fingerprint density at radius 3 is 3.13 bits per heavy atom. The Balaban J connectivity index is 1.96. The van der Waals surface area contributed by atoms with Crippen LogP contribution in [0.4, 0.5) is 0 Å². The maximum Gasteiger partial charge on any atom is 0.289 e. The number of aromatic amines is 1. The summed E-state index contributed by atoms with van der Waals surface area (Å²) in [4.78, 5) is 15.4. The number of H-pyrrole nitrogens is 1. The SMILES string of the molecule is Cc1ncoc1C(=O)NCc1cn[nH]c1. The third-order valence-electron chi connectivity index (χ3n) is 1.96. The van der Waals surface area contributed by atoms with Gasteiger partial charge < -0.3 is 9.73 Å². The van der Waals surface area contributed by atoms with E-state index >= 15 is 0 Å². The van der Waals surface area contributed by atoms with E-state index in [0.717, 1.165) is 5.56 Å². The molecule has 15 heavy (non-hydrogen) atoms. The number of hydrogen-bond donors (Lipinski definition) is 2. The molecule has 0 aliphatic carbocycles. The monoisotopic (exact) mass is 206 g/mol. The van der Waals surface area contributed by atoms with E-state index in [1.54, 1.807) is 19.3 Å². The van der Waals surface area contributed by atoms with Gasteiger partial charge in [0.1, 0.15) is 0 Å². The van der Waals surface area contributed by atoms with Gasteiger partial charge in [-0.05, 0) is 6.92 Å². The second-order valence-corrected chi connectivity index (χ2v) is 3.06. The van der Waals surface area contributed by atoms with Crippen LogP contribution in [0.25, 0.3) is 0 Å². The standard InChI is InChI=1S/C9H10N4O2/c1-6-8(15-5-11-6)9(14)10-2-7-3-12-13-4-7/h3-5H,2H2,1H3,(H,10,14)(H,12,13). The molecule has 6 heteroatoms. The highest BCUT2D eigenvalue weighted by Gasteiger charge is 2.13. The summed E-state index contributed by atoms with van der Waals surface area (Å²) >= 11 is 0. The summed E-state index contributed by atoms with van der Waals surface area (Å²) in [6, 6.07) is 0. The molecule has 2 N–H and O–H groups in total. The normalized spacial score (nSPS) is 10.2. The summed E-state index contributed by atoms with van der Waals surface area (Å²) in [6.45, 7) is 2.13. The molecule has 0 fully saturated rings. The van der Waals surface area contributed by atoms with E-state index in [4.69, 9.17) is 4.42 Å². The van der Waals surface area contributed by atoms with Crippen LogP contribution in [0.2, 0.25) is 0 Å². The maximum atomic E-state index is 11.5. The smallest absolute Gasteiger partial charge is 0.289 e. The molecule has 2 rings (SSSR count). The second-order valence-electron chi connectivity index (χ2n) is 3.06. The van der Waals surface area contributed by atoms with Gasteiger partial charge in [-0.15, -0.1) is 0 Å². The number of hydrogen-bond acceptors (Lipinski definition) is 4. The third kappa shape index (κ3) is 2.04. The molecule has 78 valence electrons. The number of rotatable bonds is 3. The molecule has 0 aliphatic rings. The Bertz CT molecular complexity index is 446. The summed E-state index contributed by atoms with van der Waals surface area (Å²) < 4.78 is 4.95.